The fourth-order valence-electron chi connectivity index (χ4n) is 5.29. The van der Waals surface area contributed by atoms with Gasteiger partial charge in [0.25, 0.3) is 10.0 Å². The first-order valence-electron chi connectivity index (χ1n) is 11.7. The molecule has 0 radical (unpaired) electrons. The van der Waals surface area contributed by atoms with E-state index in [0.717, 1.165) is 43.7 Å². The topological polar surface area (TPSA) is 73.3 Å². The highest BCUT2D eigenvalue weighted by Gasteiger charge is 2.39. The van der Waals surface area contributed by atoms with Gasteiger partial charge in [-0.05, 0) is 55.8 Å². The lowest BCUT2D eigenvalue weighted by Gasteiger charge is -2.45. The van der Waals surface area contributed by atoms with Crippen LogP contribution in [0.1, 0.15) is 32.3 Å². The normalized spacial score (nSPS) is 27.2. The van der Waals surface area contributed by atoms with Crippen LogP contribution in [0.25, 0.3) is 0 Å². The molecule has 7 nitrogen and oxygen atoms in total. The number of sulfonamides is 1. The molecule has 3 saturated heterocycles. The summed E-state index contributed by atoms with van der Waals surface area (Å²) in [6.07, 6.45) is 2.84. The third-order valence-electron chi connectivity index (χ3n) is 7.03. The highest BCUT2D eigenvalue weighted by molar-refractivity contribution is 7.91. The van der Waals surface area contributed by atoms with Crippen molar-refractivity contribution in [2.24, 2.45) is 0 Å². The molecule has 33 heavy (non-hydrogen) atoms. The van der Waals surface area contributed by atoms with Gasteiger partial charge in [-0.1, -0.05) is 18.2 Å². The number of likely N-dealkylation sites (tertiary alicyclic amines) is 1. The Morgan fingerprint density at radius 3 is 2.36 bits per heavy atom. The number of hydrogen-bond donors (Lipinski definition) is 1. The number of ether oxygens (including phenoxy) is 1. The highest BCUT2D eigenvalue weighted by Crippen LogP contribution is 2.31. The molecule has 0 saturated carbocycles. The second kappa shape index (κ2) is 8.94. The smallest absolute Gasteiger partial charge is 0.252 e. The van der Waals surface area contributed by atoms with Crippen molar-refractivity contribution in [1.82, 2.24) is 9.21 Å². The van der Waals surface area contributed by atoms with E-state index >= 15 is 0 Å². The summed E-state index contributed by atoms with van der Waals surface area (Å²) in [6.45, 7) is 7.75. The third kappa shape index (κ3) is 4.85. The maximum Gasteiger partial charge on any atom is 0.252 e. The molecular weight excluding hydrogens is 458 g/mol. The maximum absolute atomic E-state index is 13.3. The van der Waals surface area contributed by atoms with Gasteiger partial charge in [-0.3, -0.25) is 4.90 Å². The Bertz CT molecular complexity index is 1040. The first kappa shape index (κ1) is 23.3. The predicted octanol–water partition coefficient (Wildman–Crippen LogP) is 2.72. The minimum absolute atomic E-state index is 0.0407. The number of aliphatic hydroxyl groups is 1. The van der Waals surface area contributed by atoms with Crippen molar-refractivity contribution in [2.75, 3.05) is 44.2 Å². The van der Waals surface area contributed by atoms with Crippen molar-refractivity contribution in [2.45, 2.75) is 54.7 Å². The van der Waals surface area contributed by atoms with Crippen LogP contribution in [-0.2, 0) is 20.4 Å². The average Bonchev–Trinajstić information content (AvgIpc) is 3.44. The van der Waals surface area contributed by atoms with Gasteiger partial charge in [0.05, 0.1) is 23.9 Å². The standard InChI is InChI=1S/C24H33N3O4S2/c1-24(2,28)18-5-7-19(8-6-18)27-12-11-26(33(29,30)23-4-3-13-32-23)15-20(27)14-25-16-21-9-10-22(17-25)31-21/h3-8,13,20-22,28H,9-12,14-17H2,1-2H3/t20-,21?,22?/m0/s1. The Balaban J connectivity index is 1.39. The van der Waals surface area contributed by atoms with Crippen LogP contribution in [0.15, 0.2) is 46.0 Å². The largest absolute Gasteiger partial charge is 0.386 e. The summed E-state index contributed by atoms with van der Waals surface area (Å²) in [4.78, 5) is 4.79. The van der Waals surface area contributed by atoms with Crippen LogP contribution in [0.5, 0.6) is 0 Å². The zero-order valence-corrected chi connectivity index (χ0v) is 20.9. The second-order valence-electron chi connectivity index (χ2n) is 9.92. The van der Waals surface area contributed by atoms with E-state index in [1.807, 2.05) is 29.6 Å². The number of piperazine rings is 1. The zero-order valence-electron chi connectivity index (χ0n) is 19.3. The van der Waals surface area contributed by atoms with Gasteiger partial charge in [0.2, 0.25) is 0 Å². The molecule has 0 spiro atoms. The predicted molar refractivity (Wildman–Crippen MR) is 130 cm³/mol. The van der Waals surface area contributed by atoms with Gasteiger partial charge >= 0.3 is 0 Å². The van der Waals surface area contributed by atoms with Crippen molar-refractivity contribution >= 4 is 27.0 Å². The number of thiophene rings is 1. The van der Waals surface area contributed by atoms with E-state index in [2.05, 4.69) is 9.80 Å². The third-order valence-corrected chi connectivity index (χ3v) is 10.3. The molecule has 5 rings (SSSR count). The molecule has 1 aromatic heterocycles. The molecule has 1 aromatic carbocycles. The Labute approximate surface area is 200 Å². The molecule has 2 bridgehead atoms. The van der Waals surface area contributed by atoms with Crippen LogP contribution in [-0.4, -0.2) is 80.2 Å². The van der Waals surface area contributed by atoms with E-state index in [1.165, 1.54) is 11.3 Å². The Kier molecular flexibility index (Phi) is 6.30. The van der Waals surface area contributed by atoms with Gasteiger partial charge in [0.15, 0.2) is 0 Å². The van der Waals surface area contributed by atoms with Gasteiger partial charge in [-0.25, -0.2) is 8.42 Å². The number of benzene rings is 1. The number of hydrogen-bond acceptors (Lipinski definition) is 7. The van der Waals surface area contributed by atoms with Gasteiger partial charge in [0, 0.05) is 45.0 Å². The molecule has 0 amide bonds. The van der Waals surface area contributed by atoms with Crippen LogP contribution < -0.4 is 4.90 Å². The SMILES string of the molecule is CC(C)(O)c1ccc(N2CCN(S(=O)(=O)c3cccs3)C[C@@H]2CN2CC3CCC(C2)O3)cc1. The van der Waals surface area contributed by atoms with E-state index in [-0.39, 0.29) is 6.04 Å². The summed E-state index contributed by atoms with van der Waals surface area (Å²) in [6, 6.07) is 11.6. The van der Waals surface area contributed by atoms with Crippen molar-refractivity contribution < 1.29 is 18.3 Å². The monoisotopic (exact) mass is 491 g/mol. The Morgan fingerprint density at radius 1 is 1.06 bits per heavy atom. The summed E-state index contributed by atoms with van der Waals surface area (Å²) in [7, 11) is -3.48. The fraction of sp³-hybridized carbons (Fsp3) is 0.583. The first-order chi connectivity index (χ1) is 15.7. The molecule has 2 unspecified atom stereocenters. The van der Waals surface area contributed by atoms with E-state index in [1.54, 1.807) is 30.3 Å². The molecule has 3 aliphatic heterocycles. The van der Waals surface area contributed by atoms with Crippen LogP contribution in [0.4, 0.5) is 5.69 Å². The molecule has 2 aromatic rings. The van der Waals surface area contributed by atoms with Crippen LogP contribution in [0.2, 0.25) is 0 Å². The lowest BCUT2D eigenvalue weighted by Crippen LogP contribution is -2.59. The summed E-state index contributed by atoms with van der Waals surface area (Å²) >= 11 is 1.28. The molecule has 4 heterocycles. The van der Waals surface area contributed by atoms with E-state index < -0.39 is 15.6 Å². The zero-order chi connectivity index (χ0) is 23.2. The minimum atomic E-state index is -3.48. The van der Waals surface area contributed by atoms with Crippen molar-refractivity contribution in [3.8, 4) is 0 Å². The van der Waals surface area contributed by atoms with Gasteiger partial charge in [-0.2, -0.15) is 4.31 Å². The van der Waals surface area contributed by atoms with E-state index in [9.17, 15) is 13.5 Å². The summed E-state index contributed by atoms with van der Waals surface area (Å²) < 4.78 is 34.6. The summed E-state index contributed by atoms with van der Waals surface area (Å²) in [5.74, 6) is 0. The summed E-state index contributed by atoms with van der Waals surface area (Å²) in [5, 5.41) is 12.1. The molecule has 0 aliphatic carbocycles. The van der Waals surface area contributed by atoms with Gasteiger partial charge in [-0.15, -0.1) is 11.3 Å². The molecular formula is C24H33N3O4S2. The number of morpholine rings is 1. The quantitative estimate of drug-likeness (QED) is 0.670. The number of anilines is 1. The second-order valence-corrected chi connectivity index (χ2v) is 13.0. The molecule has 3 aliphatic rings. The number of fused-ring (bicyclic) bond motifs is 2. The Hall–Kier alpha value is -1.49. The number of nitrogens with zero attached hydrogens (tertiary/aromatic N) is 3. The molecule has 1 N–H and O–H groups in total. The Morgan fingerprint density at radius 2 is 1.76 bits per heavy atom. The van der Waals surface area contributed by atoms with Crippen LogP contribution in [0, 0.1) is 0 Å². The van der Waals surface area contributed by atoms with Gasteiger partial charge in [0.1, 0.15) is 4.21 Å². The lowest BCUT2D eigenvalue weighted by molar-refractivity contribution is -0.0406. The van der Waals surface area contributed by atoms with Crippen molar-refractivity contribution in [3.63, 3.8) is 0 Å². The minimum Gasteiger partial charge on any atom is -0.386 e. The molecule has 180 valence electrons. The van der Waals surface area contributed by atoms with Crippen molar-refractivity contribution in [1.29, 1.82) is 0 Å². The molecule has 3 atom stereocenters. The van der Waals surface area contributed by atoms with E-state index in [0.29, 0.717) is 36.1 Å². The average molecular weight is 492 g/mol. The first-order valence-corrected chi connectivity index (χ1v) is 14.0. The maximum atomic E-state index is 13.3. The van der Waals surface area contributed by atoms with E-state index in [4.69, 9.17) is 4.74 Å². The lowest BCUT2D eigenvalue weighted by atomic mass is 9.98. The van der Waals surface area contributed by atoms with Gasteiger partial charge < -0.3 is 14.7 Å². The van der Waals surface area contributed by atoms with Crippen molar-refractivity contribution in [3.05, 3.63) is 47.3 Å². The van der Waals surface area contributed by atoms with Crippen LogP contribution in [0.3, 0.4) is 0 Å². The number of rotatable bonds is 6. The van der Waals surface area contributed by atoms with Crippen LogP contribution >= 0.6 is 11.3 Å². The highest BCUT2D eigenvalue weighted by atomic mass is 32.2. The fourth-order valence-corrected chi connectivity index (χ4v) is 7.90. The molecule has 9 heteroatoms. The summed E-state index contributed by atoms with van der Waals surface area (Å²) in [5.41, 5.74) is 1.04. The molecule has 3 fully saturated rings.